The molecule has 0 bridgehead atoms. The topological polar surface area (TPSA) is 55.3 Å². The molecule has 1 saturated carbocycles. The van der Waals surface area contributed by atoms with Crippen LogP contribution in [0.3, 0.4) is 0 Å². The van der Waals surface area contributed by atoms with Gasteiger partial charge in [-0.2, -0.15) is 4.98 Å². The molecule has 4 rings (SSSR count). The summed E-state index contributed by atoms with van der Waals surface area (Å²) in [6.07, 6.45) is 6.21. The molecule has 1 aromatic heterocycles. The monoisotopic (exact) mass is 405 g/mol. The Morgan fingerprint density at radius 3 is 2.41 bits per heavy atom. The van der Waals surface area contributed by atoms with Crippen LogP contribution in [0.5, 0.6) is 5.75 Å². The predicted octanol–water partition coefficient (Wildman–Crippen LogP) is 5.45. The van der Waals surface area contributed by atoms with Crippen LogP contribution in [0, 0.1) is 0 Å². The first-order valence-electron chi connectivity index (χ1n) is 9.23. The predicted molar refractivity (Wildman–Crippen MR) is 106 cm³/mol. The van der Waals surface area contributed by atoms with Gasteiger partial charge in [-0.15, -0.1) is 0 Å². The standard InChI is InChI=1S/C20H21Cl2N3O2/c1-20(2)15-16(21)23-19(22)24-17(15)25(18(20)26)12-8-10-14(11-9-12)27-13-6-4-3-5-7-13/h8-11,13H,3-7H2,1-2H3. The third-order valence-corrected chi connectivity index (χ3v) is 5.79. The maximum absolute atomic E-state index is 13.1. The number of aromatic nitrogens is 2. The van der Waals surface area contributed by atoms with Crippen molar-refractivity contribution in [1.29, 1.82) is 0 Å². The third kappa shape index (κ3) is 3.27. The quantitative estimate of drug-likeness (QED) is 0.502. The number of carbonyl (C=O) groups is 1. The lowest BCUT2D eigenvalue weighted by molar-refractivity contribution is -0.121. The van der Waals surface area contributed by atoms with Crippen molar-refractivity contribution in [3.63, 3.8) is 0 Å². The average Bonchev–Trinajstić information content (AvgIpc) is 2.83. The van der Waals surface area contributed by atoms with E-state index in [1.54, 1.807) is 4.90 Å². The molecule has 0 spiro atoms. The number of anilines is 2. The molecule has 1 aromatic carbocycles. The number of halogens is 2. The van der Waals surface area contributed by atoms with E-state index in [1.165, 1.54) is 19.3 Å². The number of nitrogens with zero attached hydrogens (tertiary/aromatic N) is 3. The summed E-state index contributed by atoms with van der Waals surface area (Å²) in [6.45, 7) is 3.63. The molecular weight excluding hydrogens is 385 g/mol. The molecule has 142 valence electrons. The first-order chi connectivity index (χ1) is 12.9. The fourth-order valence-electron chi connectivity index (χ4n) is 3.87. The van der Waals surface area contributed by atoms with E-state index in [4.69, 9.17) is 27.9 Å². The highest BCUT2D eigenvalue weighted by Gasteiger charge is 2.48. The third-order valence-electron chi connectivity index (χ3n) is 5.34. The second-order valence-electron chi connectivity index (χ2n) is 7.62. The number of benzene rings is 1. The van der Waals surface area contributed by atoms with Gasteiger partial charge in [-0.3, -0.25) is 9.69 Å². The van der Waals surface area contributed by atoms with Crippen LogP contribution in [0.25, 0.3) is 0 Å². The number of ether oxygens (including phenoxy) is 1. The van der Waals surface area contributed by atoms with Crippen molar-refractivity contribution < 1.29 is 9.53 Å². The average molecular weight is 406 g/mol. The Labute approximate surface area is 168 Å². The van der Waals surface area contributed by atoms with Gasteiger partial charge in [-0.05, 0) is 75.4 Å². The van der Waals surface area contributed by atoms with E-state index in [9.17, 15) is 4.79 Å². The first-order valence-corrected chi connectivity index (χ1v) is 9.98. The van der Waals surface area contributed by atoms with E-state index in [-0.39, 0.29) is 22.4 Å². The molecule has 0 atom stereocenters. The van der Waals surface area contributed by atoms with Gasteiger partial charge in [0.1, 0.15) is 10.9 Å². The van der Waals surface area contributed by atoms with Gasteiger partial charge in [0.05, 0.1) is 17.2 Å². The summed E-state index contributed by atoms with van der Waals surface area (Å²) in [6, 6.07) is 7.52. The zero-order chi connectivity index (χ0) is 19.2. The van der Waals surface area contributed by atoms with Crippen molar-refractivity contribution in [1.82, 2.24) is 9.97 Å². The smallest absolute Gasteiger partial charge is 0.243 e. The summed E-state index contributed by atoms with van der Waals surface area (Å²) in [5.74, 6) is 1.14. The Morgan fingerprint density at radius 1 is 1.07 bits per heavy atom. The molecule has 1 aliphatic carbocycles. The first kappa shape index (κ1) is 18.5. The maximum Gasteiger partial charge on any atom is 0.243 e. The van der Waals surface area contributed by atoms with E-state index < -0.39 is 5.41 Å². The largest absolute Gasteiger partial charge is 0.490 e. The molecular formula is C20H21Cl2N3O2. The van der Waals surface area contributed by atoms with Gasteiger partial charge in [0.15, 0.2) is 5.82 Å². The van der Waals surface area contributed by atoms with Crippen LogP contribution in [-0.4, -0.2) is 22.0 Å². The highest BCUT2D eigenvalue weighted by Crippen LogP contribution is 2.47. The van der Waals surface area contributed by atoms with Gasteiger partial charge in [0.2, 0.25) is 11.2 Å². The Morgan fingerprint density at radius 2 is 1.74 bits per heavy atom. The zero-order valence-electron chi connectivity index (χ0n) is 15.3. The van der Waals surface area contributed by atoms with Gasteiger partial charge < -0.3 is 4.74 Å². The minimum Gasteiger partial charge on any atom is -0.490 e. The second-order valence-corrected chi connectivity index (χ2v) is 8.32. The Bertz CT molecular complexity index is 878. The van der Waals surface area contributed by atoms with E-state index in [2.05, 4.69) is 9.97 Å². The van der Waals surface area contributed by atoms with Crippen molar-refractivity contribution >= 4 is 40.6 Å². The second kappa shape index (κ2) is 6.95. The molecule has 2 aliphatic rings. The summed E-state index contributed by atoms with van der Waals surface area (Å²) < 4.78 is 6.08. The van der Waals surface area contributed by atoms with Crippen LogP contribution in [0.15, 0.2) is 24.3 Å². The van der Waals surface area contributed by atoms with E-state index in [0.717, 1.165) is 18.6 Å². The highest BCUT2D eigenvalue weighted by atomic mass is 35.5. The van der Waals surface area contributed by atoms with Crippen molar-refractivity contribution in [2.75, 3.05) is 4.90 Å². The highest BCUT2D eigenvalue weighted by molar-refractivity contribution is 6.34. The molecule has 1 amide bonds. The van der Waals surface area contributed by atoms with Gasteiger partial charge in [-0.1, -0.05) is 18.0 Å². The van der Waals surface area contributed by atoms with Crippen LogP contribution in [0.2, 0.25) is 10.4 Å². The Kier molecular flexibility index (Phi) is 4.77. The van der Waals surface area contributed by atoms with Crippen molar-refractivity contribution in [2.24, 2.45) is 0 Å². The maximum atomic E-state index is 13.1. The molecule has 2 heterocycles. The molecule has 7 heteroatoms. The van der Waals surface area contributed by atoms with Crippen LogP contribution in [-0.2, 0) is 10.2 Å². The molecule has 5 nitrogen and oxygen atoms in total. The van der Waals surface area contributed by atoms with Crippen molar-refractivity contribution in [3.05, 3.63) is 40.3 Å². The van der Waals surface area contributed by atoms with Gasteiger partial charge in [0.25, 0.3) is 0 Å². The van der Waals surface area contributed by atoms with E-state index >= 15 is 0 Å². The fraction of sp³-hybridized carbons (Fsp3) is 0.450. The van der Waals surface area contributed by atoms with Crippen molar-refractivity contribution in [2.45, 2.75) is 57.5 Å². The summed E-state index contributed by atoms with van der Waals surface area (Å²) in [5.41, 5.74) is 0.476. The normalized spacial score (nSPS) is 19.3. The number of fused-ring (bicyclic) bond motifs is 1. The number of amides is 1. The lowest BCUT2D eigenvalue weighted by Crippen LogP contribution is -2.33. The van der Waals surface area contributed by atoms with Crippen molar-refractivity contribution in [3.8, 4) is 5.75 Å². The van der Waals surface area contributed by atoms with Gasteiger partial charge >= 0.3 is 0 Å². The van der Waals surface area contributed by atoms with E-state index in [1.807, 2.05) is 38.1 Å². The minimum absolute atomic E-state index is 0.0199. The molecule has 27 heavy (non-hydrogen) atoms. The Hall–Kier alpha value is -1.85. The molecule has 1 fully saturated rings. The number of hydrogen-bond donors (Lipinski definition) is 0. The van der Waals surface area contributed by atoms with Gasteiger partial charge in [-0.25, -0.2) is 4.98 Å². The molecule has 0 unspecified atom stereocenters. The fourth-order valence-corrected chi connectivity index (χ4v) is 4.48. The lowest BCUT2D eigenvalue weighted by atomic mass is 9.88. The van der Waals surface area contributed by atoms with E-state index in [0.29, 0.717) is 17.1 Å². The summed E-state index contributed by atoms with van der Waals surface area (Å²) in [5, 5.41) is 0.231. The minimum atomic E-state index is -0.825. The van der Waals surface area contributed by atoms with Crippen LogP contribution in [0.4, 0.5) is 11.5 Å². The zero-order valence-corrected chi connectivity index (χ0v) is 16.8. The summed E-state index contributed by atoms with van der Waals surface area (Å²) in [4.78, 5) is 22.9. The number of carbonyl (C=O) groups excluding carboxylic acids is 1. The molecule has 0 radical (unpaired) electrons. The van der Waals surface area contributed by atoms with Gasteiger partial charge in [0, 0.05) is 5.56 Å². The summed E-state index contributed by atoms with van der Waals surface area (Å²) >= 11 is 12.3. The molecule has 1 aliphatic heterocycles. The van der Waals surface area contributed by atoms with Crippen LogP contribution < -0.4 is 9.64 Å². The van der Waals surface area contributed by atoms with Crippen LogP contribution >= 0.6 is 23.2 Å². The number of hydrogen-bond acceptors (Lipinski definition) is 4. The van der Waals surface area contributed by atoms with Crippen LogP contribution in [0.1, 0.15) is 51.5 Å². The molecule has 0 N–H and O–H groups in total. The number of rotatable bonds is 3. The summed E-state index contributed by atoms with van der Waals surface area (Å²) in [7, 11) is 0. The molecule has 0 saturated heterocycles. The SMILES string of the molecule is CC1(C)C(=O)N(c2ccc(OC3CCCCC3)cc2)c2nc(Cl)nc(Cl)c21. The Balaban J connectivity index is 1.65. The molecule has 2 aromatic rings. The lowest BCUT2D eigenvalue weighted by Gasteiger charge is -2.24.